The van der Waals surface area contributed by atoms with E-state index >= 15 is 0 Å². The van der Waals surface area contributed by atoms with Crippen molar-refractivity contribution in [2.75, 3.05) is 11.4 Å². The standard InChI is InChI=1S/C24H17BrF9NO2/c25-15-8-9-19(26)20(10-15)37-17-6-3-5-16(11-17)35(13-21(36)23(29,30)31)12-14-4-1-2-7-18(14)22(27,28)24(32,33)34/h1-11,21,36H,12-13H2/t21-/m1/s1. The van der Waals surface area contributed by atoms with Gasteiger partial charge >= 0.3 is 18.3 Å². The van der Waals surface area contributed by atoms with E-state index in [9.17, 15) is 44.6 Å². The summed E-state index contributed by atoms with van der Waals surface area (Å²) in [5.41, 5.74) is -2.19. The Kier molecular flexibility index (Phi) is 8.37. The fourth-order valence-corrected chi connectivity index (χ4v) is 3.66. The second-order valence-corrected chi connectivity index (χ2v) is 8.76. The number of anilines is 1. The van der Waals surface area contributed by atoms with Crippen LogP contribution in [0.1, 0.15) is 11.1 Å². The summed E-state index contributed by atoms with van der Waals surface area (Å²) in [6, 6.07) is 12.3. The van der Waals surface area contributed by atoms with Crippen molar-refractivity contribution >= 4 is 21.6 Å². The fraction of sp³-hybridized carbons (Fsp3) is 0.250. The highest BCUT2D eigenvalue weighted by atomic mass is 79.9. The first kappa shape index (κ1) is 28.6. The Morgan fingerprint density at radius 2 is 1.54 bits per heavy atom. The minimum Gasteiger partial charge on any atom is -0.454 e. The molecule has 0 aromatic heterocycles. The van der Waals surface area contributed by atoms with E-state index in [0.717, 1.165) is 35.2 Å². The highest BCUT2D eigenvalue weighted by Gasteiger charge is 2.59. The van der Waals surface area contributed by atoms with Crippen molar-refractivity contribution in [3.05, 3.63) is 88.1 Å². The third-order valence-electron chi connectivity index (χ3n) is 5.15. The SMILES string of the molecule is O[C@H](CN(Cc1ccccc1C(F)(F)C(F)(F)F)c1cccc(Oc2cc(Br)ccc2F)c1)C(F)(F)F. The molecule has 0 aliphatic heterocycles. The Morgan fingerprint density at radius 3 is 2.19 bits per heavy atom. The average Bonchev–Trinajstić information content (AvgIpc) is 2.80. The molecule has 1 atom stereocenters. The van der Waals surface area contributed by atoms with Gasteiger partial charge < -0.3 is 14.7 Å². The van der Waals surface area contributed by atoms with Gasteiger partial charge in [-0.2, -0.15) is 35.1 Å². The zero-order chi connectivity index (χ0) is 27.6. The minimum atomic E-state index is -5.96. The zero-order valence-electron chi connectivity index (χ0n) is 18.4. The third-order valence-corrected chi connectivity index (χ3v) is 5.64. The van der Waals surface area contributed by atoms with Crippen molar-refractivity contribution in [3.8, 4) is 11.5 Å². The molecule has 3 nitrogen and oxygen atoms in total. The molecule has 0 aliphatic carbocycles. The molecule has 37 heavy (non-hydrogen) atoms. The molecule has 0 saturated heterocycles. The van der Waals surface area contributed by atoms with Crippen LogP contribution in [0.4, 0.5) is 45.2 Å². The van der Waals surface area contributed by atoms with E-state index in [4.69, 9.17) is 4.74 Å². The summed E-state index contributed by atoms with van der Waals surface area (Å²) in [7, 11) is 0. The number of benzene rings is 3. The molecule has 3 aromatic carbocycles. The third kappa shape index (κ3) is 6.89. The normalized spacial score (nSPS) is 13.4. The smallest absolute Gasteiger partial charge is 0.454 e. The molecule has 0 radical (unpaired) electrons. The lowest BCUT2D eigenvalue weighted by atomic mass is 10.00. The second kappa shape index (κ2) is 10.8. The summed E-state index contributed by atoms with van der Waals surface area (Å²) in [4.78, 5) is 0.771. The highest BCUT2D eigenvalue weighted by molar-refractivity contribution is 9.10. The van der Waals surface area contributed by atoms with Gasteiger partial charge in [-0.25, -0.2) is 4.39 Å². The van der Waals surface area contributed by atoms with Crippen LogP contribution < -0.4 is 9.64 Å². The molecule has 0 aliphatic rings. The monoisotopic (exact) mass is 601 g/mol. The molecule has 0 saturated carbocycles. The lowest BCUT2D eigenvalue weighted by Gasteiger charge is -2.30. The molecule has 1 N–H and O–H groups in total. The maximum atomic E-state index is 14.2. The van der Waals surface area contributed by atoms with Crippen LogP contribution in [-0.4, -0.2) is 30.1 Å². The summed E-state index contributed by atoms with van der Waals surface area (Å²) in [6.07, 6.45) is -14.0. The summed E-state index contributed by atoms with van der Waals surface area (Å²) in [5.74, 6) is -6.37. The van der Waals surface area contributed by atoms with E-state index in [1.165, 1.54) is 30.3 Å². The Labute approximate surface area is 213 Å². The van der Waals surface area contributed by atoms with E-state index in [1.54, 1.807) is 0 Å². The predicted octanol–water partition coefficient (Wildman–Crippen LogP) is 7.96. The Hall–Kier alpha value is -2.93. The lowest BCUT2D eigenvalue weighted by Crippen LogP contribution is -2.41. The van der Waals surface area contributed by atoms with Crippen LogP contribution >= 0.6 is 15.9 Å². The molecule has 3 rings (SSSR count). The molecule has 0 amide bonds. The molecular formula is C24H17BrF9NO2. The van der Waals surface area contributed by atoms with Gasteiger partial charge in [0.1, 0.15) is 5.75 Å². The van der Waals surface area contributed by atoms with Gasteiger partial charge in [0.25, 0.3) is 0 Å². The quantitative estimate of drug-likeness (QED) is 0.266. The number of hydrogen-bond donors (Lipinski definition) is 1. The molecule has 0 unspecified atom stereocenters. The van der Waals surface area contributed by atoms with Gasteiger partial charge in [0.05, 0.1) is 6.54 Å². The summed E-state index contributed by atoms with van der Waals surface area (Å²) < 4.78 is 127. The average molecular weight is 602 g/mol. The van der Waals surface area contributed by atoms with E-state index < -0.39 is 54.4 Å². The Bertz CT molecular complexity index is 1230. The van der Waals surface area contributed by atoms with Gasteiger partial charge in [-0.3, -0.25) is 0 Å². The van der Waals surface area contributed by atoms with Crippen molar-refractivity contribution in [2.45, 2.75) is 30.9 Å². The van der Waals surface area contributed by atoms with Crippen LogP contribution in [0.2, 0.25) is 0 Å². The van der Waals surface area contributed by atoms with Gasteiger partial charge in [-0.1, -0.05) is 46.3 Å². The zero-order valence-corrected chi connectivity index (χ0v) is 20.0. The molecule has 0 spiro atoms. The van der Waals surface area contributed by atoms with Crippen LogP contribution in [-0.2, 0) is 12.5 Å². The van der Waals surface area contributed by atoms with Crippen molar-refractivity contribution in [1.29, 1.82) is 0 Å². The summed E-state index contributed by atoms with van der Waals surface area (Å²) >= 11 is 3.14. The van der Waals surface area contributed by atoms with Crippen LogP contribution in [0.25, 0.3) is 0 Å². The molecule has 0 fully saturated rings. The first-order chi connectivity index (χ1) is 17.1. The van der Waals surface area contributed by atoms with Gasteiger partial charge in [-0.05, 0) is 35.9 Å². The van der Waals surface area contributed by atoms with Gasteiger partial charge in [0.2, 0.25) is 0 Å². The first-order valence-electron chi connectivity index (χ1n) is 10.3. The van der Waals surface area contributed by atoms with E-state index in [-0.39, 0.29) is 17.2 Å². The largest absolute Gasteiger partial charge is 0.458 e. The molecular weight excluding hydrogens is 585 g/mol. The lowest BCUT2D eigenvalue weighted by molar-refractivity contribution is -0.289. The topological polar surface area (TPSA) is 32.7 Å². The number of alkyl halides is 8. The van der Waals surface area contributed by atoms with E-state index in [1.807, 2.05) is 0 Å². The number of ether oxygens (including phenoxy) is 1. The first-order valence-corrected chi connectivity index (χ1v) is 11.1. The fourth-order valence-electron chi connectivity index (χ4n) is 3.32. The van der Waals surface area contributed by atoms with Crippen molar-refractivity contribution in [3.63, 3.8) is 0 Å². The number of aliphatic hydroxyl groups is 1. The van der Waals surface area contributed by atoms with Gasteiger partial charge in [-0.15, -0.1) is 0 Å². The van der Waals surface area contributed by atoms with Crippen LogP contribution in [0.15, 0.2) is 71.2 Å². The van der Waals surface area contributed by atoms with Gasteiger partial charge in [0.15, 0.2) is 17.7 Å². The number of nitrogens with zero attached hydrogens (tertiary/aromatic N) is 1. The highest BCUT2D eigenvalue weighted by Crippen LogP contribution is 2.45. The minimum absolute atomic E-state index is 0.0742. The van der Waals surface area contributed by atoms with E-state index in [0.29, 0.717) is 10.5 Å². The van der Waals surface area contributed by atoms with Crippen molar-refractivity contribution < 1.29 is 49.4 Å². The number of aliphatic hydroxyl groups excluding tert-OH is 1. The van der Waals surface area contributed by atoms with E-state index in [2.05, 4.69) is 15.9 Å². The summed E-state index contributed by atoms with van der Waals surface area (Å²) in [6.45, 7) is -2.06. The molecule has 0 heterocycles. The number of rotatable bonds is 8. The Morgan fingerprint density at radius 1 is 0.865 bits per heavy atom. The summed E-state index contributed by atoms with van der Waals surface area (Å²) in [5, 5.41) is 9.64. The maximum absolute atomic E-state index is 14.2. The molecule has 3 aromatic rings. The van der Waals surface area contributed by atoms with Crippen molar-refractivity contribution in [2.24, 2.45) is 0 Å². The van der Waals surface area contributed by atoms with Crippen LogP contribution in [0, 0.1) is 5.82 Å². The molecule has 0 bridgehead atoms. The molecule has 13 heteroatoms. The van der Waals surface area contributed by atoms with Gasteiger partial charge in [0, 0.05) is 28.3 Å². The Balaban J connectivity index is 2.02. The molecule has 200 valence electrons. The van der Waals surface area contributed by atoms with Crippen molar-refractivity contribution in [1.82, 2.24) is 0 Å². The predicted molar refractivity (Wildman–Crippen MR) is 120 cm³/mol. The maximum Gasteiger partial charge on any atom is 0.458 e. The van der Waals surface area contributed by atoms with Crippen LogP contribution in [0.5, 0.6) is 11.5 Å². The number of hydrogen-bond acceptors (Lipinski definition) is 3. The van der Waals surface area contributed by atoms with Crippen LogP contribution in [0.3, 0.4) is 0 Å². The second-order valence-electron chi connectivity index (χ2n) is 7.84. The number of halogens is 10.